The van der Waals surface area contributed by atoms with Gasteiger partial charge in [-0.15, -0.1) is 0 Å². The number of hydrogen-bond acceptors (Lipinski definition) is 2. The standard InChI is InChI=1S/C12H21NO2/c1-4-11-5-7-13(8-6-11)9-15-12(14)10(2)3/h11H,2,4-9H2,1,3H3/p+1. The van der Waals surface area contributed by atoms with Gasteiger partial charge >= 0.3 is 5.97 Å². The highest BCUT2D eigenvalue weighted by atomic mass is 16.5. The molecule has 1 saturated heterocycles. The molecule has 3 heteroatoms. The zero-order chi connectivity index (χ0) is 11.3. The lowest BCUT2D eigenvalue weighted by Gasteiger charge is -2.27. The van der Waals surface area contributed by atoms with Gasteiger partial charge < -0.3 is 9.64 Å². The van der Waals surface area contributed by atoms with E-state index in [-0.39, 0.29) is 5.97 Å². The maximum atomic E-state index is 11.2. The first-order valence-electron chi connectivity index (χ1n) is 5.79. The SMILES string of the molecule is C=C(C)C(=O)OC[NH+]1CCC(CC)CC1. The molecule has 3 nitrogen and oxygen atoms in total. The normalized spacial score (nSPS) is 26.0. The first kappa shape index (κ1) is 12.2. The van der Waals surface area contributed by atoms with Crippen molar-refractivity contribution < 1.29 is 14.4 Å². The zero-order valence-corrected chi connectivity index (χ0v) is 9.84. The molecule has 86 valence electrons. The Balaban J connectivity index is 2.19. The molecule has 0 spiro atoms. The molecule has 0 radical (unpaired) electrons. The van der Waals surface area contributed by atoms with E-state index in [4.69, 9.17) is 4.74 Å². The quantitative estimate of drug-likeness (QED) is 0.551. The number of esters is 1. The minimum atomic E-state index is -0.264. The summed E-state index contributed by atoms with van der Waals surface area (Å²) >= 11 is 0. The number of hydrogen-bond donors (Lipinski definition) is 1. The number of carbonyl (C=O) groups is 1. The molecule has 1 N–H and O–H groups in total. The molecule has 0 aromatic carbocycles. The molecule has 1 heterocycles. The van der Waals surface area contributed by atoms with Gasteiger partial charge in [-0.3, -0.25) is 0 Å². The van der Waals surface area contributed by atoms with Gasteiger partial charge in [-0.1, -0.05) is 19.9 Å². The highest BCUT2D eigenvalue weighted by Gasteiger charge is 2.21. The molecule has 1 aliphatic rings. The van der Waals surface area contributed by atoms with Gasteiger partial charge in [-0.25, -0.2) is 4.79 Å². The summed E-state index contributed by atoms with van der Waals surface area (Å²) < 4.78 is 5.14. The molecular formula is C12H22NO2+. The number of likely N-dealkylation sites (tertiary alicyclic amines) is 1. The fraction of sp³-hybridized carbons (Fsp3) is 0.750. The first-order chi connectivity index (χ1) is 7.13. The minimum Gasteiger partial charge on any atom is -0.412 e. The third-order valence-corrected chi connectivity index (χ3v) is 3.15. The van der Waals surface area contributed by atoms with E-state index < -0.39 is 0 Å². The Labute approximate surface area is 92.1 Å². The Bertz CT molecular complexity index is 230. The van der Waals surface area contributed by atoms with Gasteiger partial charge in [0, 0.05) is 5.57 Å². The molecule has 0 saturated carbocycles. The highest BCUT2D eigenvalue weighted by Crippen LogP contribution is 2.12. The molecule has 0 amide bonds. The van der Waals surface area contributed by atoms with Crippen LogP contribution in [-0.2, 0) is 9.53 Å². The van der Waals surface area contributed by atoms with E-state index in [1.165, 1.54) is 24.2 Å². The van der Waals surface area contributed by atoms with Crippen LogP contribution in [-0.4, -0.2) is 25.8 Å². The summed E-state index contributed by atoms with van der Waals surface area (Å²) in [6.45, 7) is 10.2. The van der Waals surface area contributed by atoms with Gasteiger partial charge in [-0.05, 0) is 25.7 Å². The highest BCUT2D eigenvalue weighted by molar-refractivity contribution is 5.86. The van der Waals surface area contributed by atoms with Gasteiger partial charge in [-0.2, -0.15) is 0 Å². The molecule has 1 fully saturated rings. The van der Waals surface area contributed by atoms with Crippen LogP contribution in [0.25, 0.3) is 0 Å². The number of rotatable bonds is 4. The summed E-state index contributed by atoms with van der Waals surface area (Å²) in [6, 6.07) is 0. The lowest BCUT2D eigenvalue weighted by atomic mass is 9.95. The molecule has 1 rings (SSSR count). The van der Waals surface area contributed by atoms with Crippen molar-refractivity contribution in [3.63, 3.8) is 0 Å². The van der Waals surface area contributed by atoms with Gasteiger partial charge in [0.2, 0.25) is 6.73 Å². The van der Waals surface area contributed by atoms with Crippen molar-refractivity contribution in [2.75, 3.05) is 19.8 Å². The number of ether oxygens (including phenoxy) is 1. The van der Waals surface area contributed by atoms with Crippen molar-refractivity contribution in [1.82, 2.24) is 0 Å². The number of carbonyl (C=O) groups excluding carboxylic acids is 1. The topological polar surface area (TPSA) is 30.7 Å². The Kier molecular flexibility index (Phi) is 4.82. The third-order valence-electron chi connectivity index (χ3n) is 3.15. The molecule has 0 atom stereocenters. The maximum absolute atomic E-state index is 11.2. The Hall–Kier alpha value is -0.830. The lowest BCUT2D eigenvalue weighted by Crippen LogP contribution is -3.13. The Morgan fingerprint density at radius 2 is 2.07 bits per heavy atom. The van der Waals surface area contributed by atoms with Crippen molar-refractivity contribution in [2.24, 2.45) is 5.92 Å². The minimum absolute atomic E-state index is 0.264. The van der Waals surface area contributed by atoms with E-state index in [0.717, 1.165) is 19.0 Å². The second kappa shape index (κ2) is 5.91. The summed E-state index contributed by atoms with van der Waals surface area (Å²) in [7, 11) is 0. The van der Waals surface area contributed by atoms with E-state index >= 15 is 0 Å². The van der Waals surface area contributed by atoms with Crippen molar-refractivity contribution in [2.45, 2.75) is 33.1 Å². The summed E-state index contributed by atoms with van der Waals surface area (Å²) in [5.74, 6) is 0.616. The number of nitrogens with one attached hydrogen (secondary N) is 1. The van der Waals surface area contributed by atoms with Gasteiger partial charge in [0.1, 0.15) is 0 Å². The predicted octanol–water partition coefficient (Wildman–Crippen LogP) is 0.768. The molecular weight excluding hydrogens is 190 g/mol. The molecule has 0 aliphatic carbocycles. The van der Waals surface area contributed by atoms with Crippen LogP contribution in [0.5, 0.6) is 0 Å². The van der Waals surface area contributed by atoms with Crippen LogP contribution >= 0.6 is 0 Å². The smallest absolute Gasteiger partial charge is 0.337 e. The van der Waals surface area contributed by atoms with Crippen molar-refractivity contribution in [3.8, 4) is 0 Å². The van der Waals surface area contributed by atoms with E-state index in [0.29, 0.717) is 12.3 Å². The summed E-state index contributed by atoms with van der Waals surface area (Å²) in [5.41, 5.74) is 0.484. The Morgan fingerprint density at radius 1 is 1.47 bits per heavy atom. The molecule has 0 aromatic heterocycles. The van der Waals surface area contributed by atoms with Crippen LogP contribution in [0.4, 0.5) is 0 Å². The molecule has 0 aromatic rings. The average molecular weight is 212 g/mol. The van der Waals surface area contributed by atoms with Crippen LogP contribution in [0.2, 0.25) is 0 Å². The van der Waals surface area contributed by atoms with Crippen molar-refractivity contribution in [3.05, 3.63) is 12.2 Å². The molecule has 0 bridgehead atoms. The van der Waals surface area contributed by atoms with E-state index in [1.54, 1.807) is 6.92 Å². The van der Waals surface area contributed by atoms with Crippen LogP contribution < -0.4 is 4.90 Å². The molecule has 15 heavy (non-hydrogen) atoms. The molecule has 1 aliphatic heterocycles. The van der Waals surface area contributed by atoms with Crippen LogP contribution in [0.3, 0.4) is 0 Å². The third kappa shape index (κ3) is 4.04. The number of quaternary nitrogens is 1. The average Bonchev–Trinajstić information content (AvgIpc) is 2.26. The van der Waals surface area contributed by atoms with E-state index in [2.05, 4.69) is 13.5 Å². The van der Waals surface area contributed by atoms with Crippen LogP contribution in [0.15, 0.2) is 12.2 Å². The lowest BCUT2D eigenvalue weighted by molar-refractivity contribution is -0.923. The largest absolute Gasteiger partial charge is 0.412 e. The summed E-state index contributed by atoms with van der Waals surface area (Å²) in [6.07, 6.45) is 3.80. The van der Waals surface area contributed by atoms with E-state index in [9.17, 15) is 4.79 Å². The van der Waals surface area contributed by atoms with E-state index in [1.807, 2.05) is 0 Å². The fourth-order valence-electron chi connectivity index (χ4n) is 1.93. The zero-order valence-electron chi connectivity index (χ0n) is 9.84. The fourth-order valence-corrected chi connectivity index (χ4v) is 1.93. The summed E-state index contributed by atoms with van der Waals surface area (Å²) in [5, 5.41) is 0. The number of piperidine rings is 1. The van der Waals surface area contributed by atoms with Crippen LogP contribution in [0.1, 0.15) is 33.1 Å². The Morgan fingerprint density at radius 3 is 2.53 bits per heavy atom. The second-order valence-electron chi connectivity index (χ2n) is 4.46. The monoisotopic (exact) mass is 212 g/mol. The van der Waals surface area contributed by atoms with Gasteiger partial charge in [0.15, 0.2) is 0 Å². The van der Waals surface area contributed by atoms with Crippen LogP contribution in [0, 0.1) is 5.92 Å². The van der Waals surface area contributed by atoms with Crippen molar-refractivity contribution in [1.29, 1.82) is 0 Å². The second-order valence-corrected chi connectivity index (χ2v) is 4.46. The predicted molar refractivity (Wildman–Crippen MR) is 59.5 cm³/mol. The summed E-state index contributed by atoms with van der Waals surface area (Å²) in [4.78, 5) is 12.6. The maximum Gasteiger partial charge on any atom is 0.337 e. The first-order valence-corrected chi connectivity index (χ1v) is 5.79. The molecule has 0 unspecified atom stereocenters. The van der Waals surface area contributed by atoms with Crippen molar-refractivity contribution >= 4 is 5.97 Å². The van der Waals surface area contributed by atoms with Gasteiger partial charge in [0.05, 0.1) is 13.1 Å². The van der Waals surface area contributed by atoms with Gasteiger partial charge in [0.25, 0.3) is 0 Å².